The third-order valence-electron chi connectivity index (χ3n) is 3.95. The molecule has 0 saturated heterocycles. The molecule has 0 fully saturated rings. The SMILES string of the molecule is CC(OC(=O)c1ccc(Cn2cncn2)cc1)C(=O)Nc1ccc(F)c(F)c1F. The molecule has 1 N–H and O–H groups in total. The van der Waals surface area contributed by atoms with Crippen LogP contribution in [-0.4, -0.2) is 32.7 Å². The van der Waals surface area contributed by atoms with Gasteiger partial charge in [0.05, 0.1) is 17.8 Å². The summed E-state index contributed by atoms with van der Waals surface area (Å²) >= 11 is 0. The highest BCUT2D eigenvalue weighted by Crippen LogP contribution is 2.20. The third-order valence-corrected chi connectivity index (χ3v) is 3.95. The standard InChI is InChI=1S/C19H15F3N4O3/c1-11(18(27)25-15-7-6-14(20)16(21)17(15)22)29-19(28)13-4-2-12(3-5-13)8-26-10-23-9-24-26/h2-7,9-11H,8H2,1H3,(H,25,27). The summed E-state index contributed by atoms with van der Waals surface area (Å²) in [6, 6.07) is 7.97. The molecule has 1 heterocycles. The van der Waals surface area contributed by atoms with Crippen molar-refractivity contribution in [2.24, 2.45) is 0 Å². The number of hydrogen-bond donors (Lipinski definition) is 1. The Morgan fingerprint density at radius 1 is 1.10 bits per heavy atom. The summed E-state index contributed by atoms with van der Waals surface area (Å²) in [6.45, 7) is 1.73. The highest BCUT2D eigenvalue weighted by molar-refractivity contribution is 5.97. The highest BCUT2D eigenvalue weighted by atomic mass is 19.2. The van der Waals surface area contributed by atoms with E-state index in [4.69, 9.17) is 4.74 Å². The van der Waals surface area contributed by atoms with Crippen LogP contribution in [0.2, 0.25) is 0 Å². The molecule has 0 aliphatic carbocycles. The van der Waals surface area contributed by atoms with Crippen LogP contribution in [0.15, 0.2) is 49.1 Å². The highest BCUT2D eigenvalue weighted by Gasteiger charge is 2.22. The quantitative estimate of drug-likeness (QED) is 0.504. The van der Waals surface area contributed by atoms with Crippen molar-refractivity contribution >= 4 is 17.6 Å². The van der Waals surface area contributed by atoms with E-state index in [-0.39, 0.29) is 5.56 Å². The lowest BCUT2D eigenvalue weighted by Gasteiger charge is -2.14. The van der Waals surface area contributed by atoms with Crippen LogP contribution >= 0.6 is 0 Å². The number of hydrogen-bond acceptors (Lipinski definition) is 5. The second-order valence-electron chi connectivity index (χ2n) is 6.05. The number of aromatic nitrogens is 3. The van der Waals surface area contributed by atoms with Crippen molar-refractivity contribution in [2.45, 2.75) is 19.6 Å². The van der Waals surface area contributed by atoms with Gasteiger partial charge in [-0.3, -0.25) is 4.79 Å². The van der Waals surface area contributed by atoms with Gasteiger partial charge in [-0.05, 0) is 36.8 Å². The number of ether oxygens (including phenoxy) is 1. The largest absolute Gasteiger partial charge is 0.449 e. The van der Waals surface area contributed by atoms with E-state index >= 15 is 0 Å². The summed E-state index contributed by atoms with van der Waals surface area (Å²) in [7, 11) is 0. The van der Waals surface area contributed by atoms with Crippen LogP contribution in [0.25, 0.3) is 0 Å². The van der Waals surface area contributed by atoms with Crippen LogP contribution < -0.4 is 5.32 Å². The van der Waals surface area contributed by atoms with Crippen LogP contribution in [-0.2, 0) is 16.1 Å². The number of rotatable bonds is 6. The molecule has 2 aromatic carbocycles. The van der Waals surface area contributed by atoms with Gasteiger partial charge in [-0.1, -0.05) is 12.1 Å². The number of halogens is 3. The van der Waals surface area contributed by atoms with Gasteiger partial charge in [0.15, 0.2) is 23.6 Å². The van der Waals surface area contributed by atoms with Crippen LogP contribution in [0.4, 0.5) is 18.9 Å². The summed E-state index contributed by atoms with van der Waals surface area (Å²) in [5.74, 6) is -6.30. The first-order valence-electron chi connectivity index (χ1n) is 8.42. The maximum atomic E-state index is 13.6. The molecule has 3 rings (SSSR count). The molecule has 3 aromatic rings. The Morgan fingerprint density at radius 3 is 2.48 bits per heavy atom. The summed E-state index contributed by atoms with van der Waals surface area (Å²) in [4.78, 5) is 28.1. The molecule has 0 aliphatic rings. The van der Waals surface area contributed by atoms with Crippen molar-refractivity contribution < 1.29 is 27.5 Å². The molecular weight excluding hydrogens is 389 g/mol. The number of anilines is 1. The zero-order chi connectivity index (χ0) is 21.0. The van der Waals surface area contributed by atoms with Gasteiger partial charge in [0.2, 0.25) is 0 Å². The second-order valence-corrected chi connectivity index (χ2v) is 6.05. The molecule has 150 valence electrons. The monoisotopic (exact) mass is 404 g/mol. The van der Waals surface area contributed by atoms with E-state index in [0.717, 1.165) is 11.6 Å². The van der Waals surface area contributed by atoms with E-state index in [1.165, 1.54) is 25.4 Å². The predicted octanol–water partition coefficient (Wildman–Crippen LogP) is 2.93. The maximum Gasteiger partial charge on any atom is 0.338 e. The Morgan fingerprint density at radius 2 is 1.83 bits per heavy atom. The number of carbonyl (C=O) groups excluding carboxylic acids is 2. The minimum absolute atomic E-state index is 0.200. The molecule has 1 unspecified atom stereocenters. The van der Waals surface area contributed by atoms with Gasteiger partial charge in [0.25, 0.3) is 5.91 Å². The average Bonchev–Trinajstić information content (AvgIpc) is 3.21. The Balaban J connectivity index is 1.59. The maximum absolute atomic E-state index is 13.6. The van der Waals surface area contributed by atoms with Crippen LogP contribution in [0.5, 0.6) is 0 Å². The molecule has 1 amide bonds. The normalized spacial score (nSPS) is 11.7. The molecule has 7 nitrogen and oxygen atoms in total. The van der Waals surface area contributed by atoms with Gasteiger partial charge in [0.1, 0.15) is 12.7 Å². The van der Waals surface area contributed by atoms with Gasteiger partial charge < -0.3 is 10.1 Å². The lowest BCUT2D eigenvalue weighted by Crippen LogP contribution is -2.30. The first-order chi connectivity index (χ1) is 13.8. The van der Waals surface area contributed by atoms with Gasteiger partial charge in [-0.15, -0.1) is 0 Å². The first-order valence-corrected chi connectivity index (χ1v) is 8.42. The lowest BCUT2D eigenvalue weighted by atomic mass is 10.1. The molecule has 0 aliphatic heterocycles. The molecule has 0 radical (unpaired) electrons. The number of esters is 1. The van der Waals surface area contributed by atoms with E-state index in [1.54, 1.807) is 23.1 Å². The molecule has 29 heavy (non-hydrogen) atoms. The summed E-state index contributed by atoms with van der Waals surface area (Å²) < 4.78 is 46.5. The molecular formula is C19H15F3N4O3. The van der Waals surface area contributed by atoms with Crippen molar-refractivity contribution in [3.8, 4) is 0 Å². The van der Waals surface area contributed by atoms with Gasteiger partial charge >= 0.3 is 5.97 Å². The number of amides is 1. The molecule has 10 heteroatoms. The minimum atomic E-state index is -1.71. The summed E-state index contributed by atoms with van der Waals surface area (Å²) in [6.07, 6.45) is 1.66. The first kappa shape index (κ1) is 20.1. The molecule has 1 aromatic heterocycles. The average molecular weight is 404 g/mol. The fraction of sp³-hybridized carbons (Fsp3) is 0.158. The number of nitrogens with one attached hydrogen (secondary N) is 1. The zero-order valence-electron chi connectivity index (χ0n) is 15.1. The van der Waals surface area contributed by atoms with Crippen LogP contribution in [0.1, 0.15) is 22.8 Å². The van der Waals surface area contributed by atoms with E-state index < -0.39 is 41.1 Å². The summed E-state index contributed by atoms with van der Waals surface area (Å²) in [5, 5.41) is 6.03. The van der Waals surface area contributed by atoms with Crippen LogP contribution in [0, 0.1) is 17.5 Å². The van der Waals surface area contributed by atoms with E-state index in [2.05, 4.69) is 15.4 Å². The Labute approximate surface area is 163 Å². The number of nitrogens with zero attached hydrogens (tertiary/aromatic N) is 3. The number of carbonyl (C=O) groups is 2. The second kappa shape index (κ2) is 8.55. The van der Waals surface area contributed by atoms with Crippen molar-refractivity contribution in [3.63, 3.8) is 0 Å². The Bertz CT molecular complexity index is 1020. The number of benzene rings is 2. The van der Waals surface area contributed by atoms with Gasteiger partial charge in [-0.25, -0.2) is 27.6 Å². The van der Waals surface area contributed by atoms with Crippen molar-refractivity contribution in [2.75, 3.05) is 5.32 Å². The van der Waals surface area contributed by atoms with Gasteiger partial charge in [0, 0.05) is 0 Å². The summed E-state index contributed by atoms with van der Waals surface area (Å²) in [5.41, 5.74) is 0.506. The fourth-order valence-corrected chi connectivity index (χ4v) is 2.39. The van der Waals surface area contributed by atoms with E-state index in [1.807, 2.05) is 0 Å². The van der Waals surface area contributed by atoms with Crippen molar-refractivity contribution in [1.29, 1.82) is 0 Å². The van der Waals surface area contributed by atoms with Crippen molar-refractivity contribution in [3.05, 3.63) is 77.6 Å². The van der Waals surface area contributed by atoms with Crippen molar-refractivity contribution in [1.82, 2.24) is 14.8 Å². The van der Waals surface area contributed by atoms with E-state index in [0.29, 0.717) is 12.6 Å². The third kappa shape index (κ3) is 4.78. The van der Waals surface area contributed by atoms with Crippen LogP contribution in [0.3, 0.4) is 0 Å². The predicted molar refractivity (Wildman–Crippen MR) is 95.4 cm³/mol. The molecule has 1 atom stereocenters. The Kier molecular flexibility index (Phi) is 5.91. The lowest BCUT2D eigenvalue weighted by molar-refractivity contribution is -0.123. The molecule has 0 spiro atoms. The molecule has 0 saturated carbocycles. The van der Waals surface area contributed by atoms with Gasteiger partial charge in [-0.2, -0.15) is 5.10 Å². The topological polar surface area (TPSA) is 86.1 Å². The molecule has 0 bridgehead atoms. The zero-order valence-corrected chi connectivity index (χ0v) is 15.1. The fourth-order valence-electron chi connectivity index (χ4n) is 2.39. The van der Waals surface area contributed by atoms with E-state index in [9.17, 15) is 22.8 Å². The Hall–Kier alpha value is -3.69. The smallest absolute Gasteiger partial charge is 0.338 e. The minimum Gasteiger partial charge on any atom is -0.449 e.